The second-order valence-corrected chi connectivity index (χ2v) is 5.88. The van der Waals surface area contributed by atoms with Gasteiger partial charge in [0.1, 0.15) is 0 Å². The molecule has 0 radical (unpaired) electrons. The lowest BCUT2D eigenvalue weighted by Gasteiger charge is -2.14. The predicted octanol–water partition coefficient (Wildman–Crippen LogP) is 4.65. The van der Waals surface area contributed by atoms with Crippen molar-refractivity contribution in [1.82, 2.24) is 4.98 Å². The molecule has 0 unspecified atom stereocenters. The number of nitrogens with two attached hydrogens (primary N) is 1. The SMILES string of the molecule is Nc1cccnc1Nc1ccccc1-c1cc(Br)ccc1C=O. The number of benzene rings is 2. The summed E-state index contributed by atoms with van der Waals surface area (Å²) in [7, 11) is 0. The number of aldehydes is 1. The molecule has 0 bridgehead atoms. The number of pyridine rings is 1. The molecule has 0 atom stereocenters. The number of nitrogen functional groups attached to an aromatic ring is 1. The molecule has 0 saturated heterocycles. The number of hydrogen-bond donors (Lipinski definition) is 2. The molecule has 0 aliphatic rings. The molecule has 5 heteroatoms. The molecular formula is C18H14BrN3O. The zero-order chi connectivity index (χ0) is 16.2. The molecule has 3 N–H and O–H groups in total. The molecule has 4 nitrogen and oxygen atoms in total. The van der Waals surface area contributed by atoms with Gasteiger partial charge in [-0.2, -0.15) is 0 Å². The summed E-state index contributed by atoms with van der Waals surface area (Å²) in [4.78, 5) is 15.6. The van der Waals surface area contributed by atoms with E-state index < -0.39 is 0 Å². The van der Waals surface area contributed by atoms with Crippen molar-refractivity contribution < 1.29 is 4.79 Å². The molecule has 1 aromatic heterocycles. The van der Waals surface area contributed by atoms with Crippen LogP contribution in [-0.4, -0.2) is 11.3 Å². The molecule has 114 valence electrons. The maximum atomic E-state index is 11.4. The largest absolute Gasteiger partial charge is 0.396 e. The first-order valence-corrected chi connectivity index (χ1v) is 7.80. The Labute approximate surface area is 142 Å². The van der Waals surface area contributed by atoms with Gasteiger partial charge in [-0.1, -0.05) is 34.1 Å². The number of aromatic nitrogens is 1. The number of nitrogens with one attached hydrogen (secondary N) is 1. The average Bonchev–Trinajstić information content (AvgIpc) is 2.57. The first-order valence-electron chi connectivity index (χ1n) is 7.00. The van der Waals surface area contributed by atoms with E-state index in [9.17, 15) is 4.79 Å². The highest BCUT2D eigenvalue weighted by Crippen LogP contribution is 2.34. The van der Waals surface area contributed by atoms with Gasteiger partial charge in [0, 0.05) is 27.5 Å². The van der Waals surface area contributed by atoms with Crippen molar-refractivity contribution in [2.45, 2.75) is 0 Å². The van der Waals surface area contributed by atoms with E-state index in [1.807, 2.05) is 36.4 Å². The number of nitrogens with zero attached hydrogens (tertiary/aromatic N) is 1. The molecule has 3 aromatic rings. The number of para-hydroxylation sites is 1. The van der Waals surface area contributed by atoms with Gasteiger partial charge in [-0.05, 0) is 42.0 Å². The molecular weight excluding hydrogens is 354 g/mol. The van der Waals surface area contributed by atoms with E-state index in [0.29, 0.717) is 17.1 Å². The third kappa shape index (κ3) is 3.24. The average molecular weight is 368 g/mol. The number of hydrogen-bond acceptors (Lipinski definition) is 4. The molecule has 0 aliphatic heterocycles. The first kappa shape index (κ1) is 15.2. The fourth-order valence-electron chi connectivity index (χ4n) is 2.34. The Kier molecular flexibility index (Phi) is 4.39. The minimum atomic E-state index is 0.562. The van der Waals surface area contributed by atoms with Crippen LogP contribution >= 0.6 is 15.9 Å². The summed E-state index contributed by atoms with van der Waals surface area (Å²) in [6.45, 7) is 0. The van der Waals surface area contributed by atoms with Crippen molar-refractivity contribution in [3.8, 4) is 11.1 Å². The first-order chi connectivity index (χ1) is 11.2. The summed E-state index contributed by atoms with van der Waals surface area (Å²) in [5, 5.41) is 3.24. The van der Waals surface area contributed by atoms with Gasteiger partial charge >= 0.3 is 0 Å². The van der Waals surface area contributed by atoms with Crippen LogP contribution in [0.3, 0.4) is 0 Å². The number of halogens is 1. The normalized spacial score (nSPS) is 10.3. The number of carbonyl (C=O) groups is 1. The van der Waals surface area contributed by atoms with Crippen molar-refractivity contribution in [2.24, 2.45) is 0 Å². The molecule has 0 spiro atoms. The zero-order valence-electron chi connectivity index (χ0n) is 12.2. The van der Waals surface area contributed by atoms with E-state index in [1.54, 1.807) is 24.4 Å². The van der Waals surface area contributed by atoms with E-state index in [-0.39, 0.29) is 0 Å². The summed E-state index contributed by atoms with van der Waals surface area (Å²) in [5.41, 5.74) is 9.71. The van der Waals surface area contributed by atoms with Gasteiger partial charge in [0.05, 0.1) is 5.69 Å². The summed E-state index contributed by atoms with van der Waals surface area (Å²) < 4.78 is 0.908. The van der Waals surface area contributed by atoms with Crippen molar-refractivity contribution in [3.63, 3.8) is 0 Å². The number of anilines is 3. The Bertz CT molecular complexity index is 864. The van der Waals surface area contributed by atoms with Crippen LogP contribution in [0, 0.1) is 0 Å². The minimum Gasteiger partial charge on any atom is -0.396 e. The summed E-state index contributed by atoms with van der Waals surface area (Å²) in [6.07, 6.45) is 2.53. The summed E-state index contributed by atoms with van der Waals surface area (Å²) >= 11 is 3.46. The third-order valence-electron chi connectivity index (χ3n) is 3.45. The van der Waals surface area contributed by atoms with Gasteiger partial charge in [0.25, 0.3) is 0 Å². The second kappa shape index (κ2) is 6.62. The maximum absolute atomic E-state index is 11.4. The van der Waals surface area contributed by atoms with E-state index in [0.717, 1.165) is 27.6 Å². The van der Waals surface area contributed by atoms with E-state index in [4.69, 9.17) is 5.73 Å². The Morgan fingerprint density at radius 1 is 1.04 bits per heavy atom. The highest BCUT2D eigenvalue weighted by atomic mass is 79.9. The Balaban J connectivity index is 2.10. The lowest BCUT2D eigenvalue weighted by Crippen LogP contribution is -2.00. The van der Waals surface area contributed by atoms with E-state index in [1.165, 1.54) is 0 Å². The van der Waals surface area contributed by atoms with Gasteiger partial charge in [-0.15, -0.1) is 0 Å². The van der Waals surface area contributed by atoms with Crippen LogP contribution in [0.4, 0.5) is 17.2 Å². The number of carbonyl (C=O) groups excluding carboxylic acids is 1. The fourth-order valence-corrected chi connectivity index (χ4v) is 2.70. The lowest BCUT2D eigenvalue weighted by molar-refractivity contribution is 0.112. The van der Waals surface area contributed by atoms with Crippen molar-refractivity contribution in [1.29, 1.82) is 0 Å². The molecule has 0 saturated carbocycles. The third-order valence-corrected chi connectivity index (χ3v) is 3.94. The molecule has 1 heterocycles. The molecule has 3 rings (SSSR count). The second-order valence-electron chi connectivity index (χ2n) is 4.96. The van der Waals surface area contributed by atoms with E-state index >= 15 is 0 Å². The summed E-state index contributed by atoms with van der Waals surface area (Å²) in [6, 6.07) is 16.9. The van der Waals surface area contributed by atoms with Crippen LogP contribution in [0.15, 0.2) is 65.3 Å². The topological polar surface area (TPSA) is 68.0 Å². The van der Waals surface area contributed by atoms with Gasteiger partial charge < -0.3 is 11.1 Å². The highest BCUT2D eigenvalue weighted by molar-refractivity contribution is 9.10. The van der Waals surface area contributed by atoms with E-state index in [2.05, 4.69) is 26.2 Å². The van der Waals surface area contributed by atoms with Gasteiger partial charge in [-0.25, -0.2) is 4.98 Å². The maximum Gasteiger partial charge on any atom is 0.153 e. The van der Waals surface area contributed by atoms with Crippen LogP contribution < -0.4 is 11.1 Å². The fraction of sp³-hybridized carbons (Fsp3) is 0. The van der Waals surface area contributed by atoms with Gasteiger partial charge in [0.15, 0.2) is 12.1 Å². The lowest BCUT2D eigenvalue weighted by atomic mass is 9.99. The molecule has 0 fully saturated rings. The molecule has 0 amide bonds. The quantitative estimate of drug-likeness (QED) is 0.658. The zero-order valence-corrected chi connectivity index (χ0v) is 13.7. The van der Waals surface area contributed by atoms with Crippen LogP contribution in [0.1, 0.15) is 10.4 Å². The van der Waals surface area contributed by atoms with Crippen molar-refractivity contribution in [2.75, 3.05) is 11.1 Å². The number of rotatable bonds is 4. The Morgan fingerprint density at radius 2 is 1.87 bits per heavy atom. The monoisotopic (exact) mass is 367 g/mol. The van der Waals surface area contributed by atoms with Crippen LogP contribution in [0.25, 0.3) is 11.1 Å². The predicted molar refractivity (Wildman–Crippen MR) is 96.9 cm³/mol. The van der Waals surface area contributed by atoms with Crippen LogP contribution in [-0.2, 0) is 0 Å². The molecule has 23 heavy (non-hydrogen) atoms. The highest BCUT2D eigenvalue weighted by Gasteiger charge is 2.11. The van der Waals surface area contributed by atoms with Gasteiger partial charge in [0.2, 0.25) is 0 Å². The molecule has 0 aliphatic carbocycles. The summed E-state index contributed by atoms with van der Waals surface area (Å²) in [5.74, 6) is 0.586. The van der Waals surface area contributed by atoms with Gasteiger partial charge in [-0.3, -0.25) is 4.79 Å². The Morgan fingerprint density at radius 3 is 2.65 bits per heavy atom. The van der Waals surface area contributed by atoms with Crippen LogP contribution in [0.5, 0.6) is 0 Å². The standard InChI is InChI=1S/C18H14BrN3O/c19-13-8-7-12(11-23)15(10-13)14-4-1-2-6-17(14)22-18-16(20)5-3-9-21-18/h1-11H,20H2,(H,21,22). The molecule has 2 aromatic carbocycles. The Hall–Kier alpha value is -2.66. The minimum absolute atomic E-state index is 0.562. The smallest absolute Gasteiger partial charge is 0.153 e. The van der Waals surface area contributed by atoms with Crippen LogP contribution in [0.2, 0.25) is 0 Å². The van der Waals surface area contributed by atoms with Crippen molar-refractivity contribution in [3.05, 3.63) is 70.8 Å². The van der Waals surface area contributed by atoms with Crippen molar-refractivity contribution >= 4 is 39.4 Å².